The number of carbonyl (C=O) groups is 1. The van der Waals surface area contributed by atoms with Gasteiger partial charge in [0.1, 0.15) is 5.75 Å². The van der Waals surface area contributed by atoms with Crippen LogP contribution in [-0.4, -0.2) is 43.9 Å². The molecule has 1 aliphatic rings. The molecule has 0 aliphatic carbocycles. The van der Waals surface area contributed by atoms with E-state index in [2.05, 4.69) is 0 Å². The molecule has 0 saturated carbocycles. The van der Waals surface area contributed by atoms with Crippen molar-refractivity contribution in [3.8, 4) is 5.75 Å². The number of nitrogens with zero attached hydrogens (tertiary/aromatic N) is 1. The molecular formula is C20H23NO4S. The number of amides is 1. The number of carbonyl (C=O) groups excluding carboxylic acids is 1. The molecule has 0 radical (unpaired) electrons. The molecule has 1 saturated heterocycles. The van der Waals surface area contributed by atoms with Crippen molar-refractivity contribution in [2.45, 2.75) is 25.4 Å². The minimum atomic E-state index is -3.07. The standard InChI is InChI=1S/C20H23NO4S/c1-25-19-10-6-5-9-17(19)13-20(22)21(14-16-7-3-2-4-8-16)18-11-12-26(23,24)15-18/h2-10,18H,11-15H2,1H3/t18-/m1/s1. The molecule has 0 bridgehead atoms. The number of benzene rings is 2. The van der Waals surface area contributed by atoms with Crippen LogP contribution in [0.3, 0.4) is 0 Å². The van der Waals surface area contributed by atoms with Crippen molar-refractivity contribution in [1.29, 1.82) is 0 Å². The van der Waals surface area contributed by atoms with Crippen molar-refractivity contribution in [2.24, 2.45) is 0 Å². The van der Waals surface area contributed by atoms with Crippen LogP contribution in [-0.2, 0) is 27.6 Å². The van der Waals surface area contributed by atoms with E-state index < -0.39 is 9.84 Å². The van der Waals surface area contributed by atoms with Crippen molar-refractivity contribution < 1.29 is 17.9 Å². The molecule has 1 heterocycles. The minimum Gasteiger partial charge on any atom is -0.496 e. The van der Waals surface area contributed by atoms with Gasteiger partial charge in [-0.1, -0.05) is 48.5 Å². The predicted octanol–water partition coefficient (Wildman–Crippen LogP) is 2.45. The van der Waals surface area contributed by atoms with Crippen LogP contribution in [0.5, 0.6) is 5.75 Å². The second-order valence-electron chi connectivity index (χ2n) is 6.55. The van der Waals surface area contributed by atoms with Gasteiger partial charge in [0.05, 0.1) is 25.0 Å². The molecule has 1 aliphatic heterocycles. The summed E-state index contributed by atoms with van der Waals surface area (Å²) in [4.78, 5) is 14.8. The van der Waals surface area contributed by atoms with E-state index in [1.54, 1.807) is 12.0 Å². The van der Waals surface area contributed by atoms with Crippen LogP contribution in [0.25, 0.3) is 0 Å². The number of rotatable bonds is 6. The molecule has 2 aromatic carbocycles. The number of para-hydroxylation sites is 1. The maximum atomic E-state index is 13.1. The molecule has 0 N–H and O–H groups in total. The van der Waals surface area contributed by atoms with Gasteiger partial charge in [0.25, 0.3) is 0 Å². The fourth-order valence-corrected chi connectivity index (χ4v) is 5.07. The van der Waals surface area contributed by atoms with Crippen LogP contribution in [0, 0.1) is 0 Å². The van der Waals surface area contributed by atoms with Crippen LogP contribution in [0.15, 0.2) is 54.6 Å². The Bertz CT molecular complexity index is 864. The normalized spacial score (nSPS) is 18.4. The zero-order chi connectivity index (χ0) is 18.6. The molecule has 6 heteroatoms. The first-order chi connectivity index (χ1) is 12.5. The molecule has 138 valence electrons. The first kappa shape index (κ1) is 18.5. The van der Waals surface area contributed by atoms with E-state index >= 15 is 0 Å². The van der Waals surface area contributed by atoms with Crippen LogP contribution in [0.2, 0.25) is 0 Å². The quantitative estimate of drug-likeness (QED) is 0.780. The topological polar surface area (TPSA) is 63.7 Å². The molecule has 0 aromatic heterocycles. The van der Waals surface area contributed by atoms with E-state index in [9.17, 15) is 13.2 Å². The van der Waals surface area contributed by atoms with Gasteiger partial charge in [0.2, 0.25) is 5.91 Å². The molecule has 0 unspecified atom stereocenters. The highest BCUT2D eigenvalue weighted by atomic mass is 32.2. The lowest BCUT2D eigenvalue weighted by Crippen LogP contribution is -2.41. The lowest BCUT2D eigenvalue weighted by atomic mass is 10.1. The number of sulfone groups is 1. The van der Waals surface area contributed by atoms with Gasteiger partial charge >= 0.3 is 0 Å². The zero-order valence-electron chi connectivity index (χ0n) is 14.8. The van der Waals surface area contributed by atoms with Crippen molar-refractivity contribution in [3.63, 3.8) is 0 Å². The lowest BCUT2D eigenvalue weighted by Gasteiger charge is -2.29. The third kappa shape index (κ3) is 4.43. The number of hydrogen-bond donors (Lipinski definition) is 0. The molecule has 3 rings (SSSR count). The fourth-order valence-electron chi connectivity index (χ4n) is 3.34. The maximum absolute atomic E-state index is 13.1. The fraction of sp³-hybridized carbons (Fsp3) is 0.350. The summed E-state index contributed by atoms with van der Waals surface area (Å²) in [5.41, 5.74) is 1.80. The number of hydrogen-bond acceptors (Lipinski definition) is 4. The molecule has 1 fully saturated rings. The maximum Gasteiger partial charge on any atom is 0.227 e. The molecule has 0 spiro atoms. The Hall–Kier alpha value is -2.34. The van der Waals surface area contributed by atoms with Gasteiger partial charge in [-0.05, 0) is 18.1 Å². The van der Waals surface area contributed by atoms with Gasteiger partial charge < -0.3 is 9.64 Å². The molecule has 1 amide bonds. The summed E-state index contributed by atoms with van der Waals surface area (Å²) in [5, 5.41) is 0. The van der Waals surface area contributed by atoms with Gasteiger partial charge in [-0.3, -0.25) is 4.79 Å². The third-order valence-electron chi connectivity index (χ3n) is 4.70. The van der Waals surface area contributed by atoms with Gasteiger partial charge in [-0.2, -0.15) is 0 Å². The largest absolute Gasteiger partial charge is 0.496 e. The van der Waals surface area contributed by atoms with Crippen LogP contribution in [0.4, 0.5) is 0 Å². The minimum absolute atomic E-state index is 0.0392. The molecule has 2 aromatic rings. The van der Waals surface area contributed by atoms with E-state index in [4.69, 9.17) is 4.74 Å². The average Bonchev–Trinajstić information content (AvgIpc) is 3.00. The zero-order valence-corrected chi connectivity index (χ0v) is 15.6. The summed E-state index contributed by atoms with van der Waals surface area (Å²) < 4.78 is 29.2. The second-order valence-corrected chi connectivity index (χ2v) is 8.78. The first-order valence-corrected chi connectivity index (χ1v) is 10.5. The van der Waals surface area contributed by atoms with Crippen molar-refractivity contribution in [3.05, 3.63) is 65.7 Å². The van der Waals surface area contributed by atoms with Gasteiger partial charge in [-0.15, -0.1) is 0 Å². The number of methoxy groups -OCH3 is 1. The highest BCUT2D eigenvalue weighted by Gasteiger charge is 2.34. The summed E-state index contributed by atoms with van der Waals surface area (Å²) in [6, 6.07) is 16.8. The molecule has 1 atom stereocenters. The van der Waals surface area contributed by atoms with E-state index in [1.165, 1.54) is 0 Å². The van der Waals surface area contributed by atoms with Crippen LogP contribution >= 0.6 is 0 Å². The van der Waals surface area contributed by atoms with Crippen molar-refractivity contribution in [2.75, 3.05) is 18.6 Å². The van der Waals surface area contributed by atoms with Crippen molar-refractivity contribution >= 4 is 15.7 Å². The Morgan fingerprint density at radius 1 is 1.12 bits per heavy atom. The molecular weight excluding hydrogens is 350 g/mol. The smallest absolute Gasteiger partial charge is 0.227 e. The Labute approximate surface area is 154 Å². The average molecular weight is 373 g/mol. The SMILES string of the molecule is COc1ccccc1CC(=O)N(Cc1ccccc1)[C@@H]1CCS(=O)(=O)C1. The van der Waals surface area contributed by atoms with E-state index in [0.717, 1.165) is 11.1 Å². The summed E-state index contributed by atoms with van der Waals surface area (Å²) in [5.74, 6) is 0.766. The monoisotopic (exact) mass is 373 g/mol. The predicted molar refractivity (Wildman–Crippen MR) is 101 cm³/mol. The summed E-state index contributed by atoms with van der Waals surface area (Å²) in [6.07, 6.45) is 0.681. The van der Waals surface area contributed by atoms with Crippen molar-refractivity contribution in [1.82, 2.24) is 4.90 Å². The van der Waals surface area contributed by atoms with E-state index in [1.807, 2.05) is 54.6 Å². The van der Waals surface area contributed by atoms with Gasteiger partial charge in [0.15, 0.2) is 9.84 Å². The Morgan fingerprint density at radius 2 is 1.81 bits per heavy atom. The lowest BCUT2D eigenvalue weighted by molar-refractivity contribution is -0.133. The Balaban J connectivity index is 1.83. The molecule has 5 nitrogen and oxygen atoms in total. The molecule has 26 heavy (non-hydrogen) atoms. The highest BCUT2D eigenvalue weighted by Crippen LogP contribution is 2.23. The summed E-state index contributed by atoms with van der Waals surface area (Å²) in [7, 11) is -1.49. The van der Waals surface area contributed by atoms with Crippen LogP contribution < -0.4 is 4.74 Å². The third-order valence-corrected chi connectivity index (χ3v) is 6.45. The van der Waals surface area contributed by atoms with E-state index in [0.29, 0.717) is 18.7 Å². The summed E-state index contributed by atoms with van der Waals surface area (Å²) >= 11 is 0. The Kier molecular flexibility index (Phi) is 5.61. The van der Waals surface area contributed by atoms with Gasteiger partial charge in [0, 0.05) is 18.2 Å². The number of ether oxygens (including phenoxy) is 1. The van der Waals surface area contributed by atoms with Crippen LogP contribution in [0.1, 0.15) is 17.5 Å². The summed E-state index contributed by atoms with van der Waals surface area (Å²) in [6.45, 7) is 0.412. The highest BCUT2D eigenvalue weighted by molar-refractivity contribution is 7.91. The Morgan fingerprint density at radius 3 is 2.46 bits per heavy atom. The first-order valence-electron chi connectivity index (χ1n) is 8.64. The van der Waals surface area contributed by atoms with Gasteiger partial charge in [-0.25, -0.2) is 8.42 Å². The second kappa shape index (κ2) is 7.91. The van der Waals surface area contributed by atoms with E-state index in [-0.39, 0.29) is 29.9 Å².